The Morgan fingerprint density at radius 3 is 2.31 bits per heavy atom. The second-order valence-electron chi connectivity index (χ2n) is 10.2. The first-order chi connectivity index (χ1) is 15.1. The maximum absolute atomic E-state index is 13.9. The molecule has 3 aliphatic rings. The van der Waals surface area contributed by atoms with Crippen molar-refractivity contribution in [2.75, 3.05) is 4.90 Å². The lowest BCUT2D eigenvalue weighted by Crippen LogP contribution is -2.47. The lowest BCUT2D eigenvalue weighted by Gasteiger charge is -2.37. The van der Waals surface area contributed by atoms with E-state index in [9.17, 15) is 14.4 Å². The van der Waals surface area contributed by atoms with Crippen LogP contribution in [0.25, 0.3) is 6.08 Å². The van der Waals surface area contributed by atoms with Gasteiger partial charge in [-0.25, -0.2) is 4.90 Å². The van der Waals surface area contributed by atoms with Gasteiger partial charge in [0.15, 0.2) is 5.78 Å². The van der Waals surface area contributed by atoms with E-state index in [0.717, 1.165) is 22.3 Å². The number of imide groups is 1. The van der Waals surface area contributed by atoms with Gasteiger partial charge in [0.25, 0.3) is 0 Å². The van der Waals surface area contributed by atoms with Gasteiger partial charge in [0.2, 0.25) is 11.8 Å². The highest BCUT2D eigenvalue weighted by atomic mass is 16.2. The fraction of sp³-hybridized carbons (Fsp3) is 0.370. The van der Waals surface area contributed by atoms with Crippen molar-refractivity contribution in [3.8, 4) is 0 Å². The van der Waals surface area contributed by atoms with E-state index in [0.29, 0.717) is 5.69 Å². The van der Waals surface area contributed by atoms with Crippen LogP contribution in [0.15, 0.2) is 48.7 Å². The molecule has 0 N–H and O–H groups in total. The Balaban J connectivity index is 1.68. The van der Waals surface area contributed by atoms with Crippen molar-refractivity contribution >= 4 is 29.4 Å². The molecule has 2 fully saturated rings. The van der Waals surface area contributed by atoms with E-state index in [4.69, 9.17) is 0 Å². The number of anilines is 1. The van der Waals surface area contributed by atoms with Crippen molar-refractivity contribution in [1.82, 2.24) is 4.90 Å². The third-order valence-corrected chi connectivity index (χ3v) is 7.06. The fourth-order valence-corrected chi connectivity index (χ4v) is 5.59. The van der Waals surface area contributed by atoms with Crippen molar-refractivity contribution in [3.05, 3.63) is 70.9 Å². The maximum Gasteiger partial charge on any atom is 0.240 e. The van der Waals surface area contributed by atoms with Crippen LogP contribution in [0, 0.1) is 31.1 Å². The molecule has 0 saturated carbocycles. The first-order valence-electron chi connectivity index (χ1n) is 11.1. The van der Waals surface area contributed by atoms with Gasteiger partial charge in [-0.2, -0.15) is 0 Å². The predicted octanol–water partition coefficient (Wildman–Crippen LogP) is 4.43. The number of hydrogen-bond acceptors (Lipinski definition) is 4. The van der Waals surface area contributed by atoms with Crippen LogP contribution in [0.4, 0.5) is 5.69 Å². The average molecular weight is 429 g/mol. The van der Waals surface area contributed by atoms with Gasteiger partial charge in [0, 0.05) is 11.6 Å². The molecule has 32 heavy (non-hydrogen) atoms. The Kier molecular flexibility index (Phi) is 4.45. The van der Waals surface area contributed by atoms with E-state index < -0.39 is 23.3 Å². The Labute approximate surface area is 188 Å². The normalized spacial score (nSPS) is 26.3. The summed E-state index contributed by atoms with van der Waals surface area (Å²) in [6.07, 6.45) is 3.88. The Bertz CT molecular complexity index is 1190. The van der Waals surface area contributed by atoms with Gasteiger partial charge in [-0.3, -0.25) is 14.4 Å². The molecule has 0 unspecified atom stereocenters. The zero-order chi connectivity index (χ0) is 22.9. The fourth-order valence-electron chi connectivity index (χ4n) is 5.59. The van der Waals surface area contributed by atoms with Crippen LogP contribution in [0.2, 0.25) is 0 Å². The summed E-state index contributed by atoms with van der Waals surface area (Å²) in [6, 6.07) is 12.7. The highest BCUT2D eigenvalue weighted by Crippen LogP contribution is 2.54. The van der Waals surface area contributed by atoms with Crippen molar-refractivity contribution < 1.29 is 14.4 Å². The van der Waals surface area contributed by atoms with Crippen molar-refractivity contribution in [1.29, 1.82) is 0 Å². The smallest absolute Gasteiger partial charge is 0.240 e. The molecule has 4 atom stereocenters. The van der Waals surface area contributed by atoms with Gasteiger partial charge in [-0.05, 0) is 42.7 Å². The Hall–Kier alpha value is -3.21. The summed E-state index contributed by atoms with van der Waals surface area (Å²) in [5, 5.41) is 0. The van der Waals surface area contributed by atoms with Crippen molar-refractivity contribution in [3.63, 3.8) is 0 Å². The molecule has 5 heteroatoms. The van der Waals surface area contributed by atoms with E-state index in [1.54, 1.807) is 0 Å². The molecule has 3 aliphatic heterocycles. The molecule has 2 aromatic rings. The molecule has 2 amide bonds. The van der Waals surface area contributed by atoms with Crippen LogP contribution < -0.4 is 4.90 Å². The first-order valence-corrected chi connectivity index (χ1v) is 11.1. The number of Topliss-reactive ketones (excluding diaryl/α,β-unsaturated/α-hetero) is 1. The number of hydrogen-bond donors (Lipinski definition) is 0. The topological polar surface area (TPSA) is 57.7 Å². The summed E-state index contributed by atoms with van der Waals surface area (Å²) >= 11 is 0. The van der Waals surface area contributed by atoms with Crippen molar-refractivity contribution in [2.45, 2.75) is 46.7 Å². The molecule has 0 spiro atoms. The molecule has 5 nitrogen and oxygen atoms in total. The van der Waals surface area contributed by atoms with Gasteiger partial charge in [-0.1, -0.05) is 62.7 Å². The maximum atomic E-state index is 13.9. The second-order valence-corrected chi connectivity index (χ2v) is 10.2. The third kappa shape index (κ3) is 2.80. The number of benzene rings is 2. The molecule has 5 rings (SSSR count). The summed E-state index contributed by atoms with van der Waals surface area (Å²) in [5.41, 5.74) is 3.97. The zero-order valence-corrected chi connectivity index (χ0v) is 19.1. The van der Waals surface area contributed by atoms with E-state index in [2.05, 4.69) is 0 Å². The largest absolute Gasteiger partial charge is 0.359 e. The molecule has 2 saturated heterocycles. The molecule has 0 aliphatic carbocycles. The van der Waals surface area contributed by atoms with Crippen LogP contribution in [-0.2, 0) is 14.4 Å². The van der Waals surface area contributed by atoms with E-state index in [-0.39, 0.29) is 23.6 Å². The van der Waals surface area contributed by atoms with Crippen LogP contribution in [0.3, 0.4) is 0 Å². The van der Waals surface area contributed by atoms with Crippen LogP contribution >= 0.6 is 0 Å². The zero-order valence-electron chi connectivity index (χ0n) is 19.1. The number of fused-ring (bicyclic) bond motifs is 5. The second kappa shape index (κ2) is 6.89. The Morgan fingerprint density at radius 1 is 0.938 bits per heavy atom. The molecule has 2 aromatic carbocycles. The summed E-state index contributed by atoms with van der Waals surface area (Å²) in [4.78, 5) is 44.6. The minimum Gasteiger partial charge on any atom is -0.359 e. The lowest BCUT2D eigenvalue weighted by molar-refractivity contribution is -0.135. The van der Waals surface area contributed by atoms with Gasteiger partial charge in [0.05, 0.1) is 23.6 Å². The monoisotopic (exact) mass is 428 g/mol. The number of carbonyl (C=O) groups is 3. The van der Waals surface area contributed by atoms with Gasteiger partial charge >= 0.3 is 0 Å². The number of ketones is 1. The first kappa shape index (κ1) is 20.7. The predicted molar refractivity (Wildman–Crippen MR) is 124 cm³/mol. The quantitative estimate of drug-likeness (QED) is 0.664. The highest BCUT2D eigenvalue weighted by Gasteiger charge is 2.65. The van der Waals surface area contributed by atoms with Gasteiger partial charge in [0.1, 0.15) is 6.04 Å². The average Bonchev–Trinajstić information content (AvgIpc) is 3.20. The molecule has 0 radical (unpaired) electrons. The van der Waals surface area contributed by atoms with Crippen LogP contribution in [0.5, 0.6) is 0 Å². The van der Waals surface area contributed by atoms with Crippen molar-refractivity contribution in [2.24, 2.45) is 17.3 Å². The summed E-state index contributed by atoms with van der Waals surface area (Å²) < 4.78 is 0. The number of aryl methyl sites for hydroxylation is 2. The minimum atomic E-state index is -0.698. The number of carbonyl (C=O) groups excluding carboxylic acids is 3. The highest BCUT2D eigenvalue weighted by molar-refractivity contribution is 6.24. The SMILES string of the molecule is Cc1ccc(N2C(=O)[C@@H]3[C@H](C2=O)[C@H](C(=O)C(C)(C)C)N2C=Cc4ccccc4[C@@H]32)c(C)c1. The Morgan fingerprint density at radius 2 is 1.62 bits per heavy atom. The third-order valence-electron chi connectivity index (χ3n) is 7.06. The van der Waals surface area contributed by atoms with Crippen LogP contribution in [-0.4, -0.2) is 28.5 Å². The molecule has 3 heterocycles. The lowest BCUT2D eigenvalue weighted by atomic mass is 9.79. The standard InChI is InChI=1S/C27H28N2O3/c1-15-10-11-19(16(2)14-15)29-25(31)20-21(26(29)32)23(24(30)27(3,4)5)28-13-12-17-8-6-7-9-18(17)22(20)28/h6-14,20-23H,1-5H3/t20-,21+,22+,23-/m1/s1. The molecule has 0 aromatic heterocycles. The summed E-state index contributed by atoms with van der Waals surface area (Å²) in [7, 11) is 0. The number of amides is 2. The van der Waals surface area contributed by atoms with Gasteiger partial charge < -0.3 is 4.90 Å². The van der Waals surface area contributed by atoms with Crippen LogP contribution in [0.1, 0.15) is 49.1 Å². The number of nitrogens with zero attached hydrogens (tertiary/aromatic N) is 2. The van der Waals surface area contributed by atoms with Gasteiger partial charge in [-0.15, -0.1) is 0 Å². The summed E-state index contributed by atoms with van der Waals surface area (Å²) in [5.74, 6) is -1.78. The molecule has 164 valence electrons. The summed E-state index contributed by atoms with van der Waals surface area (Å²) in [6.45, 7) is 9.54. The minimum absolute atomic E-state index is 0.0114. The van der Waals surface area contributed by atoms with E-state index in [1.165, 1.54) is 4.90 Å². The molecular weight excluding hydrogens is 400 g/mol. The molecular formula is C27H28N2O3. The number of rotatable bonds is 2. The van der Waals surface area contributed by atoms with E-state index in [1.807, 2.05) is 94.3 Å². The van der Waals surface area contributed by atoms with E-state index >= 15 is 0 Å². The molecule has 0 bridgehead atoms.